The molecule has 104 valence electrons. The number of allylic oxidation sites excluding steroid dienone is 7. The molecule has 1 aliphatic carbocycles. The van der Waals surface area contributed by atoms with Crippen LogP contribution >= 0.6 is 0 Å². The van der Waals surface area contributed by atoms with Gasteiger partial charge in [0, 0.05) is 12.7 Å². The van der Waals surface area contributed by atoms with E-state index >= 15 is 0 Å². The molecular weight excluding hydrogens is 242 g/mol. The molecule has 1 aliphatic rings. The third-order valence-electron chi connectivity index (χ3n) is 2.91. The molecule has 0 aromatic heterocycles. The fourth-order valence-corrected chi connectivity index (χ4v) is 1.76. The normalized spacial score (nSPS) is 13.2. The van der Waals surface area contributed by atoms with Gasteiger partial charge in [-0.15, -0.1) is 0 Å². The van der Waals surface area contributed by atoms with Crippen molar-refractivity contribution in [3.05, 3.63) is 91.2 Å². The van der Waals surface area contributed by atoms with Gasteiger partial charge in [0.15, 0.2) is 0 Å². The zero-order chi connectivity index (χ0) is 14.6. The standard InChI is InChI=1S/C12H12.C7H11N/c1-3-7-11(8-4-1)12-9-5-2-6-10-12;1-4-5-6-7(2)8-3/h1-5,7-9H,6,10H2;4-6,8H,1-2H2,3H3/b;6-5-. The van der Waals surface area contributed by atoms with Crippen LogP contribution in [0.1, 0.15) is 18.4 Å². The van der Waals surface area contributed by atoms with E-state index in [1.807, 2.05) is 19.2 Å². The number of hydrogen-bond donors (Lipinski definition) is 1. The van der Waals surface area contributed by atoms with Crippen molar-refractivity contribution in [3.8, 4) is 0 Å². The average molecular weight is 265 g/mol. The molecule has 0 amide bonds. The Morgan fingerprint density at radius 1 is 1.25 bits per heavy atom. The molecule has 0 radical (unpaired) electrons. The fourth-order valence-electron chi connectivity index (χ4n) is 1.76. The number of likely N-dealkylation sites (N-methyl/N-ethyl adjacent to an activating group) is 1. The van der Waals surface area contributed by atoms with Crippen LogP contribution in [0.15, 0.2) is 85.6 Å². The summed E-state index contributed by atoms with van der Waals surface area (Å²) in [5, 5.41) is 2.87. The minimum atomic E-state index is 0.893. The zero-order valence-electron chi connectivity index (χ0n) is 12.2. The zero-order valence-corrected chi connectivity index (χ0v) is 12.2. The van der Waals surface area contributed by atoms with Gasteiger partial charge in [0.1, 0.15) is 0 Å². The van der Waals surface area contributed by atoms with Gasteiger partial charge in [0.25, 0.3) is 0 Å². The van der Waals surface area contributed by atoms with Crippen LogP contribution < -0.4 is 5.32 Å². The van der Waals surface area contributed by atoms with Gasteiger partial charge in [-0.05, 0) is 30.1 Å². The monoisotopic (exact) mass is 265 g/mol. The van der Waals surface area contributed by atoms with Crippen LogP contribution in [-0.4, -0.2) is 7.05 Å². The Labute approximate surface area is 122 Å². The molecule has 0 unspecified atom stereocenters. The van der Waals surface area contributed by atoms with Crippen molar-refractivity contribution in [3.63, 3.8) is 0 Å². The van der Waals surface area contributed by atoms with Crippen molar-refractivity contribution < 1.29 is 0 Å². The number of nitrogens with one attached hydrogen (secondary N) is 1. The lowest BCUT2D eigenvalue weighted by molar-refractivity contribution is 1.04. The Bertz CT molecular complexity index is 504. The molecule has 0 fully saturated rings. The van der Waals surface area contributed by atoms with Crippen LogP contribution in [-0.2, 0) is 0 Å². The van der Waals surface area contributed by atoms with Crippen molar-refractivity contribution in [1.29, 1.82) is 0 Å². The summed E-state index contributed by atoms with van der Waals surface area (Å²) in [7, 11) is 1.83. The average Bonchev–Trinajstić information content (AvgIpc) is 2.55. The summed E-state index contributed by atoms with van der Waals surface area (Å²) in [6, 6.07) is 10.6. The van der Waals surface area contributed by atoms with Gasteiger partial charge in [-0.1, -0.05) is 73.9 Å². The second-order valence-corrected chi connectivity index (χ2v) is 4.39. The first-order valence-corrected chi connectivity index (χ1v) is 6.84. The van der Waals surface area contributed by atoms with E-state index in [0.717, 1.165) is 5.70 Å². The smallest absolute Gasteiger partial charge is 0.0264 e. The highest BCUT2D eigenvalue weighted by atomic mass is 14.8. The summed E-state index contributed by atoms with van der Waals surface area (Å²) in [5.74, 6) is 0. The molecule has 0 aliphatic heterocycles. The van der Waals surface area contributed by atoms with E-state index in [9.17, 15) is 0 Å². The number of hydrogen-bond acceptors (Lipinski definition) is 1. The summed E-state index contributed by atoms with van der Waals surface area (Å²) in [6.45, 7) is 7.18. The first-order chi connectivity index (χ1) is 9.77. The Morgan fingerprint density at radius 2 is 2.00 bits per heavy atom. The highest BCUT2D eigenvalue weighted by molar-refractivity contribution is 5.67. The fraction of sp³-hybridized carbons (Fsp3) is 0.158. The molecule has 1 N–H and O–H groups in total. The molecule has 0 spiro atoms. The van der Waals surface area contributed by atoms with Crippen molar-refractivity contribution in [2.24, 2.45) is 0 Å². The maximum atomic E-state index is 3.66. The number of benzene rings is 1. The lowest BCUT2D eigenvalue weighted by Gasteiger charge is -2.08. The van der Waals surface area contributed by atoms with E-state index in [-0.39, 0.29) is 0 Å². The molecule has 1 aromatic carbocycles. The summed E-state index contributed by atoms with van der Waals surface area (Å²) in [6.07, 6.45) is 14.3. The second-order valence-electron chi connectivity index (χ2n) is 4.39. The lowest BCUT2D eigenvalue weighted by Crippen LogP contribution is -1.99. The molecule has 1 aromatic rings. The van der Waals surface area contributed by atoms with Gasteiger partial charge < -0.3 is 5.32 Å². The topological polar surface area (TPSA) is 12.0 Å². The highest BCUT2D eigenvalue weighted by Gasteiger charge is 2.00. The highest BCUT2D eigenvalue weighted by Crippen LogP contribution is 2.22. The molecule has 0 heterocycles. The van der Waals surface area contributed by atoms with Crippen molar-refractivity contribution >= 4 is 5.57 Å². The SMILES string of the molecule is C1=CCCC(c2ccccc2)=C1.C=C/C=C\C(=C)NC. The summed E-state index contributed by atoms with van der Waals surface area (Å²) >= 11 is 0. The maximum Gasteiger partial charge on any atom is 0.0264 e. The third-order valence-corrected chi connectivity index (χ3v) is 2.91. The van der Waals surface area contributed by atoms with E-state index in [1.165, 1.54) is 24.0 Å². The molecule has 0 atom stereocenters. The van der Waals surface area contributed by atoms with E-state index in [2.05, 4.69) is 67.0 Å². The second kappa shape index (κ2) is 9.62. The molecule has 20 heavy (non-hydrogen) atoms. The summed E-state index contributed by atoms with van der Waals surface area (Å²) in [4.78, 5) is 0. The predicted molar refractivity (Wildman–Crippen MR) is 90.3 cm³/mol. The number of rotatable bonds is 4. The lowest BCUT2D eigenvalue weighted by atomic mass is 9.98. The van der Waals surface area contributed by atoms with E-state index in [0.29, 0.717) is 0 Å². The van der Waals surface area contributed by atoms with Gasteiger partial charge in [0.2, 0.25) is 0 Å². The van der Waals surface area contributed by atoms with E-state index < -0.39 is 0 Å². The minimum Gasteiger partial charge on any atom is -0.389 e. The first-order valence-electron chi connectivity index (χ1n) is 6.84. The molecule has 0 bridgehead atoms. The van der Waals surface area contributed by atoms with Crippen LogP contribution in [0.3, 0.4) is 0 Å². The van der Waals surface area contributed by atoms with Crippen LogP contribution in [0.4, 0.5) is 0 Å². The molecule has 1 heteroatoms. The van der Waals surface area contributed by atoms with Crippen LogP contribution in [0.25, 0.3) is 5.57 Å². The Kier molecular flexibility index (Phi) is 7.59. The minimum absolute atomic E-state index is 0.893. The van der Waals surface area contributed by atoms with Crippen LogP contribution in [0, 0.1) is 0 Å². The molecule has 2 rings (SSSR count). The first kappa shape index (κ1) is 15.8. The van der Waals surface area contributed by atoms with Gasteiger partial charge in [-0.2, -0.15) is 0 Å². The molecule has 1 nitrogen and oxygen atoms in total. The van der Waals surface area contributed by atoms with Crippen molar-refractivity contribution in [2.45, 2.75) is 12.8 Å². The van der Waals surface area contributed by atoms with Crippen molar-refractivity contribution in [2.75, 3.05) is 7.05 Å². The van der Waals surface area contributed by atoms with Gasteiger partial charge >= 0.3 is 0 Å². The summed E-state index contributed by atoms with van der Waals surface area (Å²) < 4.78 is 0. The Balaban J connectivity index is 0.000000221. The van der Waals surface area contributed by atoms with Crippen LogP contribution in [0.2, 0.25) is 0 Å². The Hall–Kier alpha value is -2.28. The molecule has 0 saturated heterocycles. The van der Waals surface area contributed by atoms with E-state index in [1.54, 1.807) is 6.08 Å². The van der Waals surface area contributed by atoms with Crippen molar-refractivity contribution in [1.82, 2.24) is 5.32 Å². The van der Waals surface area contributed by atoms with Gasteiger partial charge in [-0.3, -0.25) is 0 Å². The van der Waals surface area contributed by atoms with E-state index in [4.69, 9.17) is 0 Å². The predicted octanol–water partition coefficient (Wildman–Crippen LogP) is 4.88. The third kappa shape index (κ3) is 6.05. The summed E-state index contributed by atoms with van der Waals surface area (Å²) in [5.41, 5.74) is 3.71. The molecule has 0 saturated carbocycles. The van der Waals surface area contributed by atoms with Gasteiger partial charge in [-0.25, -0.2) is 0 Å². The largest absolute Gasteiger partial charge is 0.389 e. The van der Waals surface area contributed by atoms with Crippen LogP contribution in [0.5, 0.6) is 0 Å². The quantitative estimate of drug-likeness (QED) is 0.765. The molecular formula is C19H23N. The van der Waals surface area contributed by atoms with Gasteiger partial charge in [0.05, 0.1) is 0 Å². The maximum absolute atomic E-state index is 3.66. The Morgan fingerprint density at radius 3 is 2.55 bits per heavy atom.